The number of carboxylic acids is 1. The monoisotopic (exact) mass is 417 g/mol. The Bertz CT molecular complexity index is 470. The molecular formula is C16H24AgNO3S. The summed E-state index contributed by atoms with van der Waals surface area (Å²) in [5.41, 5.74) is 0.669. The summed E-state index contributed by atoms with van der Waals surface area (Å²) in [6.45, 7) is 8.61. The molecule has 0 radical (unpaired) electrons. The van der Waals surface area contributed by atoms with Crippen LogP contribution < -0.4 is 10.1 Å². The number of rotatable bonds is 5. The summed E-state index contributed by atoms with van der Waals surface area (Å²) in [7, 11) is 1.52. The van der Waals surface area contributed by atoms with Gasteiger partial charge in [0.15, 0.2) is 0 Å². The van der Waals surface area contributed by atoms with Crippen molar-refractivity contribution in [2.45, 2.75) is 39.8 Å². The van der Waals surface area contributed by atoms with Crippen molar-refractivity contribution in [2.75, 3.05) is 7.11 Å². The van der Waals surface area contributed by atoms with E-state index < -0.39 is 5.97 Å². The van der Waals surface area contributed by atoms with Crippen LogP contribution in [0, 0.1) is 0 Å². The summed E-state index contributed by atoms with van der Waals surface area (Å²) < 4.78 is 5.04. The van der Waals surface area contributed by atoms with Gasteiger partial charge >= 0.3 is 28.3 Å². The summed E-state index contributed by atoms with van der Waals surface area (Å²) in [4.78, 5) is 10.4. The van der Waals surface area contributed by atoms with Crippen LogP contribution in [0.5, 0.6) is 5.75 Å². The van der Waals surface area contributed by atoms with E-state index >= 15 is 0 Å². The Morgan fingerprint density at radius 2 is 1.73 bits per heavy atom. The molecule has 0 aromatic heterocycles. The number of hydrogen-bond acceptors (Lipinski definition) is 4. The second-order valence-electron chi connectivity index (χ2n) is 5.03. The minimum atomic E-state index is -1.11. The van der Waals surface area contributed by atoms with Gasteiger partial charge in [0.2, 0.25) is 0 Å². The Hall–Kier alpha value is -0.850. The molecule has 0 aliphatic heterocycles. The molecule has 0 amide bonds. The van der Waals surface area contributed by atoms with E-state index in [1.807, 2.05) is 0 Å². The standard InChI is InChI=1S/C10H10O3S.C6H15N.Ag/c1-13-8-5-3-2-4-7(8)6-9(14)10(11)12;1-5(2)7-6(3)4;/h2-6,14H,1H3,(H,11,12);5-7H,1-4H3;/q;;+1/p-1/b9-6-;;. The molecule has 0 heterocycles. The van der Waals surface area contributed by atoms with Crippen LogP contribution in [-0.4, -0.2) is 30.3 Å². The average Bonchev–Trinajstić information content (AvgIpc) is 2.38. The maximum Gasteiger partial charge on any atom is 1.00 e. The van der Waals surface area contributed by atoms with Crippen LogP contribution in [0.15, 0.2) is 29.2 Å². The molecule has 0 bridgehead atoms. The SMILES string of the molecule is CC(C)NC(C)C.COc1ccccc1/C=C(\[S-])C(=O)O.[Ag+]. The van der Waals surface area contributed by atoms with E-state index in [-0.39, 0.29) is 27.3 Å². The molecule has 22 heavy (non-hydrogen) atoms. The van der Waals surface area contributed by atoms with Crippen molar-refractivity contribution in [1.29, 1.82) is 0 Å². The van der Waals surface area contributed by atoms with Gasteiger partial charge in [-0.15, -0.1) is 0 Å². The van der Waals surface area contributed by atoms with Crippen molar-refractivity contribution >= 4 is 24.7 Å². The number of hydrogen-bond donors (Lipinski definition) is 2. The van der Waals surface area contributed by atoms with Crippen LogP contribution in [-0.2, 0) is 39.8 Å². The molecule has 0 aliphatic rings. The predicted octanol–water partition coefficient (Wildman–Crippen LogP) is 3.06. The molecule has 0 atom stereocenters. The zero-order valence-corrected chi connectivity index (χ0v) is 15.8. The molecule has 0 spiro atoms. The Kier molecular flexibility index (Phi) is 13.5. The first-order valence-corrected chi connectivity index (χ1v) is 7.19. The van der Waals surface area contributed by atoms with E-state index in [4.69, 9.17) is 9.84 Å². The molecule has 0 fully saturated rings. The maximum absolute atomic E-state index is 10.5. The van der Waals surface area contributed by atoms with Gasteiger partial charge in [-0.25, -0.2) is 4.79 Å². The summed E-state index contributed by atoms with van der Waals surface area (Å²) >= 11 is 4.66. The van der Waals surface area contributed by atoms with Crippen LogP contribution in [0.25, 0.3) is 6.08 Å². The molecule has 1 rings (SSSR count). The molecule has 6 heteroatoms. The van der Waals surface area contributed by atoms with E-state index in [1.54, 1.807) is 24.3 Å². The topological polar surface area (TPSA) is 58.6 Å². The third kappa shape index (κ3) is 10.8. The second-order valence-corrected chi connectivity index (χ2v) is 5.47. The summed E-state index contributed by atoms with van der Waals surface area (Å²) in [5.74, 6) is -0.498. The smallest absolute Gasteiger partial charge is 0.773 e. The Morgan fingerprint density at radius 1 is 1.23 bits per heavy atom. The first-order valence-electron chi connectivity index (χ1n) is 6.79. The van der Waals surface area contributed by atoms with Crippen molar-refractivity contribution in [2.24, 2.45) is 0 Å². The number of nitrogens with one attached hydrogen (secondary N) is 1. The van der Waals surface area contributed by atoms with Crippen LogP contribution in [0.1, 0.15) is 33.3 Å². The largest absolute Gasteiger partial charge is 1.00 e. The molecule has 0 aliphatic carbocycles. The zero-order valence-electron chi connectivity index (χ0n) is 13.5. The molecule has 0 unspecified atom stereocenters. The first-order chi connectivity index (χ1) is 9.77. The van der Waals surface area contributed by atoms with Crippen LogP contribution >= 0.6 is 0 Å². The summed E-state index contributed by atoms with van der Waals surface area (Å²) in [5, 5.41) is 11.9. The molecule has 0 saturated heterocycles. The molecule has 4 nitrogen and oxygen atoms in total. The number of methoxy groups -OCH3 is 1. The van der Waals surface area contributed by atoms with Crippen LogP contribution in [0.3, 0.4) is 0 Å². The van der Waals surface area contributed by atoms with Crippen LogP contribution in [0.2, 0.25) is 0 Å². The van der Waals surface area contributed by atoms with Crippen molar-refractivity contribution in [3.8, 4) is 5.75 Å². The quantitative estimate of drug-likeness (QED) is 0.438. The van der Waals surface area contributed by atoms with Gasteiger partial charge in [-0.1, -0.05) is 56.9 Å². The number of para-hydroxylation sites is 1. The number of benzene rings is 1. The molecule has 2 N–H and O–H groups in total. The maximum atomic E-state index is 10.5. The van der Waals surface area contributed by atoms with Gasteiger partial charge in [0.1, 0.15) is 5.75 Å². The normalized spacial score (nSPS) is 10.6. The Morgan fingerprint density at radius 3 is 2.09 bits per heavy atom. The predicted molar refractivity (Wildman–Crippen MR) is 89.4 cm³/mol. The number of ether oxygens (including phenoxy) is 1. The van der Waals surface area contributed by atoms with E-state index in [0.717, 1.165) is 0 Å². The molecular weight excluding hydrogens is 394 g/mol. The van der Waals surface area contributed by atoms with Gasteiger partial charge in [-0.3, -0.25) is 0 Å². The van der Waals surface area contributed by atoms with Crippen LogP contribution in [0.4, 0.5) is 0 Å². The summed E-state index contributed by atoms with van der Waals surface area (Å²) in [6.07, 6.45) is 1.40. The number of carbonyl (C=O) groups is 1. The van der Waals surface area contributed by atoms with E-state index in [2.05, 4.69) is 45.6 Å². The van der Waals surface area contributed by atoms with Gasteiger partial charge in [-0.05, 0) is 6.07 Å². The van der Waals surface area contributed by atoms with Gasteiger partial charge in [-0.2, -0.15) is 0 Å². The second kappa shape index (κ2) is 12.7. The number of aliphatic carboxylic acids is 1. The van der Waals surface area contributed by atoms with Crippen molar-refractivity contribution in [3.63, 3.8) is 0 Å². The van der Waals surface area contributed by atoms with E-state index in [0.29, 0.717) is 23.4 Å². The third-order valence-corrected chi connectivity index (χ3v) is 2.60. The van der Waals surface area contributed by atoms with Gasteiger partial charge in [0.25, 0.3) is 0 Å². The first kappa shape index (κ1) is 23.4. The molecule has 1 aromatic rings. The fourth-order valence-corrected chi connectivity index (χ4v) is 1.78. The Balaban J connectivity index is 0. The third-order valence-electron chi connectivity index (χ3n) is 2.30. The molecule has 1 aromatic carbocycles. The minimum Gasteiger partial charge on any atom is -0.773 e. The van der Waals surface area contributed by atoms with E-state index in [9.17, 15) is 4.79 Å². The van der Waals surface area contributed by atoms with Crippen molar-refractivity contribution in [1.82, 2.24) is 5.32 Å². The van der Waals surface area contributed by atoms with Crippen molar-refractivity contribution in [3.05, 3.63) is 34.7 Å². The van der Waals surface area contributed by atoms with Crippen molar-refractivity contribution < 1.29 is 37.0 Å². The van der Waals surface area contributed by atoms with Gasteiger partial charge < -0.3 is 27.8 Å². The van der Waals surface area contributed by atoms with Gasteiger partial charge in [0, 0.05) is 17.6 Å². The van der Waals surface area contributed by atoms with E-state index in [1.165, 1.54) is 13.2 Å². The summed E-state index contributed by atoms with van der Waals surface area (Å²) in [6, 6.07) is 8.34. The fourth-order valence-electron chi connectivity index (χ4n) is 1.66. The molecule has 128 valence electrons. The molecule has 0 saturated carbocycles. The zero-order chi connectivity index (χ0) is 16.4. The Labute approximate surface area is 154 Å². The average molecular weight is 418 g/mol. The fraction of sp³-hybridized carbons (Fsp3) is 0.438. The minimum absolute atomic E-state index is 0. The van der Waals surface area contributed by atoms with Gasteiger partial charge in [0.05, 0.1) is 7.11 Å². The number of carboxylic acid groups (broad SMARTS) is 1.